The topological polar surface area (TPSA) is 66.0 Å². The molecule has 6 heteroatoms. The average molecular weight is 411 g/mol. The second kappa shape index (κ2) is 10.7. The van der Waals surface area contributed by atoms with Crippen molar-refractivity contribution in [3.63, 3.8) is 0 Å². The summed E-state index contributed by atoms with van der Waals surface area (Å²) in [6.07, 6.45) is 4.71. The van der Waals surface area contributed by atoms with Gasteiger partial charge in [0.1, 0.15) is 12.4 Å². The van der Waals surface area contributed by atoms with Crippen LogP contribution in [0.15, 0.2) is 49.1 Å². The maximum Gasteiger partial charge on any atom is 0.262 e. The number of anilines is 1. The molecule has 1 heterocycles. The number of nitrogens with one attached hydrogen (secondary N) is 1. The van der Waals surface area contributed by atoms with E-state index in [9.17, 15) is 4.79 Å². The third-order valence-electron chi connectivity index (χ3n) is 4.83. The summed E-state index contributed by atoms with van der Waals surface area (Å²) >= 11 is 0. The number of amides is 1. The Bertz CT molecular complexity index is 874. The third kappa shape index (κ3) is 6.00. The fourth-order valence-corrected chi connectivity index (χ4v) is 3.27. The number of hydrogen-bond donors (Lipinski definition) is 1. The van der Waals surface area contributed by atoms with Crippen LogP contribution in [0, 0.1) is 6.92 Å². The summed E-state index contributed by atoms with van der Waals surface area (Å²) in [6, 6.07) is 11.3. The molecule has 6 nitrogen and oxygen atoms in total. The van der Waals surface area contributed by atoms with Crippen molar-refractivity contribution in [2.75, 3.05) is 32.2 Å². The van der Waals surface area contributed by atoms with E-state index in [1.807, 2.05) is 43.3 Å². The van der Waals surface area contributed by atoms with Crippen LogP contribution in [0.2, 0.25) is 0 Å². The fraction of sp³-hybridized carbons (Fsp3) is 0.375. The van der Waals surface area contributed by atoms with Crippen LogP contribution in [0.4, 0.5) is 5.69 Å². The highest BCUT2D eigenvalue weighted by atomic mass is 16.5. The van der Waals surface area contributed by atoms with Crippen molar-refractivity contribution < 1.29 is 23.7 Å². The quantitative estimate of drug-likeness (QED) is 0.590. The average Bonchev–Trinajstić information content (AvgIpc) is 3.26. The number of carbonyl (C=O) groups excluding carboxylic acids is 1. The normalized spacial score (nSPS) is 15.5. The molecule has 2 aromatic rings. The molecule has 0 radical (unpaired) electrons. The summed E-state index contributed by atoms with van der Waals surface area (Å²) in [5.74, 6) is 1.44. The lowest BCUT2D eigenvalue weighted by Crippen LogP contribution is -2.22. The molecule has 0 bridgehead atoms. The van der Waals surface area contributed by atoms with Crippen LogP contribution >= 0.6 is 0 Å². The van der Waals surface area contributed by atoms with Gasteiger partial charge in [-0.05, 0) is 61.6 Å². The molecular weight excluding hydrogens is 382 g/mol. The number of methoxy groups -OCH3 is 1. The van der Waals surface area contributed by atoms with Crippen LogP contribution in [-0.4, -0.2) is 38.9 Å². The Kier molecular flexibility index (Phi) is 7.74. The van der Waals surface area contributed by atoms with Gasteiger partial charge < -0.3 is 24.3 Å². The number of rotatable bonds is 10. The highest BCUT2D eigenvalue weighted by Crippen LogP contribution is 2.29. The minimum atomic E-state index is -0.280. The molecule has 0 aromatic heterocycles. The minimum absolute atomic E-state index is 0.105. The predicted molar refractivity (Wildman–Crippen MR) is 117 cm³/mol. The number of benzene rings is 2. The standard InChI is InChI=1S/C24H29NO5/c1-4-6-18-9-11-21(23(14-18)27-3)30-16-24(26)25-20-10-8-17(2)13-22(20)29-15-19-7-5-12-28-19/h4,8-11,13-14,19H,1,5-7,12,15-16H2,2-3H3,(H,25,26). The Morgan fingerprint density at radius 3 is 2.80 bits per heavy atom. The van der Waals surface area contributed by atoms with E-state index in [4.69, 9.17) is 18.9 Å². The molecule has 0 aliphatic carbocycles. The highest BCUT2D eigenvalue weighted by molar-refractivity contribution is 5.93. The zero-order valence-corrected chi connectivity index (χ0v) is 17.6. The van der Waals surface area contributed by atoms with Crippen LogP contribution in [-0.2, 0) is 16.0 Å². The Morgan fingerprint density at radius 1 is 1.20 bits per heavy atom. The summed E-state index contributed by atoms with van der Waals surface area (Å²) in [7, 11) is 1.57. The van der Waals surface area contributed by atoms with Gasteiger partial charge in [0.25, 0.3) is 5.91 Å². The van der Waals surface area contributed by atoms with E-state index in [2.05, 4.69) is 11.9 Å². The van der Waals surface area contributed by atoms with Gasteiger partial charge >= 0.3 is 0 Å². The van der Waals surface area contributed by atoms with Crippen LogP contribution in [0.5, 0.6) is 17.2 Å². The van der Waals surface area contributed by atoms with Crippen molar-refractivity contribution in [1.82, 2.24) is 0 Å². The molecule has 0 spiro atoms. The van der Waals surface area contributed by atoms with Crippen molar-refractivity contribution in [2.45, 2.75) is 32.3 Å². The maximum atomic E-state index is 12.5. The predicted octanol–water partition coefficient (Wildman–Crippen LogP) is 4.31. The van der Waals surface area contributed by atoms with Gasteiger partial charge in [-0.25, -0.2) is 0 Å². The second-order valence-corrected chi connectivity index (χ2v) is 7.26. The van der Waals surface area contributed by atoms with Crippen molar-refractivity contribution >= 4 is 11.6 Å². The summed E-state index contributed by atoms with van der Waals surface area (Å²) in [6.45, 7) is 6.83. The molecule has 1 amide bonds. The van der Waals surface area contributed by atoms with Crippen molar-refractivity contribution in [1.29, 1.82) is 0 Å². The van der Waals surface area contributed by atoms with Crippen LogP contribution < -0.4 is 19.5 Å². The van der Waals surface area contributed by atoms with E-state index < -0.39 is 0 Å². The lowest BCUT2D eigenvalue weighted by atomic mass is 10.1. The molecule has 1 fully saturated rings. The van der Waals surface area contributed by atoms with Crippen molar-refractivity contribution in [2.24, 2.45) is 0 Å². The van der Waals surface area contributed by atoms with E-state index >= 15 is 0 Å². The number of carbonyl (C=O) groups is 1. The summed E-state index contributed by atoms with van der Waals surface area (Å²) in [5.41, 5.74) is 2.72. The molecule has 0 saturated carbocycles. The van der Waals surface area contributed by atoms with Gasteiger partial charge in [-0.1, -0.05) is 18.2 Å². The van der Waals surface area contributed by atoms with Gasteiger partial charge in [-0.15, -0.1) is 6.58 Å². The zero-order valence-electron chi connectivity index (χ0n) is 17.6. The first-order valence-electron chi connectivity index (χ1n) is 10.1. The monoisotopic (exact) mass is 411 g/mol. The van der Waals surface area contributed by atoms with Gasteiger partial charge in [0, 0.05) is 6.61 Å². The summed E-state index contributed by atoms with van der Waals surface area (Å²) in [5, 5.41) is 2.87. The van der Waals surface area contributed by atoms with Crippen molar-refractivity contribution in [3.05, 3.63) is 60.2 Å². The van der Waals surface area contributed by atoms with E-state index in [-0.39, 0.29) is 18.6 Å². The Labute approximate surface area is 177 Å². The number of allylic oxidation sites excluding steroid dienone is 1. The van der Waals surface area contributed by atoms with Gasteiger partial charge in [0.15, 0.2) is 18.1 Å². The molecular formula is C24H29NO5. The van der Waals surface area contributed by atoms with Gasteiger partial charge in [-0.2, -0.15) is 0 Å². The highest BCUT2D eigenvalue weighted by Gasteiger charge is 2.17. The molecule has 160 valence electrons. The van der Waals surface area contributed by atoms with Gasteiger partial charge in [0.2, 0.25) is 0 Å². The Balaban J connectivity index is 1.60. The number of aryl methyl sites for hydroxylation is 1. The largest absolute Gasteiger partial charge is 0.493 e. The minimum Gasteiger partial charge on any atom is -0.493 e. The summed E-state index contributed by atoms with van der Waals surface area (Å²) in [4.78, 5) is 12.5. The molecule has 1 unspecified atom stereocenters. The molecule has 2 aromatic carbocycles. The first-order chi connectivity index (χ1) is 14.6. The summed E-state index contributed by atoms with van der Waals surface area (Å²) < 4.78 is 22.6. The fourth-order valence-electron chi connectivity index (χ4n) is 3.27. The number of hydrogen-bond acceptors (Lipinski definition) is 5. The lowest BCUT2D eigenvalue weighted by molar-refractivity contribution is -0.118. The molecule has 30 heavy (non-hydrogen) atoms. The van der Waals surface area contributed by atoms with E-state index in [1.165, 1.54) is 0 Å². The SMILES string of the molecule is C=CCc1ccc(OCC(=O)Nc2ccc(C)cc2OCC2CCCO2)c(OC)c1. The zero-order chi connectivity index (χ0) is 21.3. The van der Waals surface area contributed by atoms with Crippen molar-refractivity contribution in [3.8, 4) is 17.2 Å². The molecule has 1 N–H and O–H groups in total. The van der Waals surface area contributed by atoms with Gasteiger partial charge in [-0.3, -0.25) is 4.79 Å². The molecule has 1 aliphatic heterocycles. The number of ether oxygens (including phenoxy) is 4. The molecule has 3 rings (SSSR count). The van der Waals surface area contributed by atoms with Crippen LogP contribution in [0.3, 0.4) is 0 Å². The van der Waals surface area contributed by atoms with E-state index in [0.717, 1.165) is 37.0 Å². The Hall–Kier alpha value is -2.99. The molecule has 1 saturated heterocycles. The van der Waals surface area contributed by atoms with Crippen LogP contribution in [0.1, 0.15) is 24.0 Å². The van der Waals surface area contributed by atoms with E-state index in [1.54, 1.807) is 13.2 Å². The van der Waals surface area contributed by atoms with E-state index in [0.29, 0.717) is 29.5 Å². The first-order valence-corrected chi connectivity index (χ1v) is 10.1. The third-order valence-corrected chi connectivity index (χ3v) is 4.83. The molecule has 1 atom stereocenters. The van der Waals surface area contributed by atoms with Crippen LogP contribution in [0.25, 0.3) is 0 Å². The smallest absolute Gasteiger partial charge is 0.262 e. The Morgan fingerprint density at radius 2 is 2.07 bits per heavy atom. The van der Waals surface area contributed by atoms with Gasteiger partial charge in [0.05, 0.1) is 18.9 Å². The molecule has 1 aliphatic rings. The second-order valence-electron chi connectivity index (χ2n) is 7.26. The maximum absolute atomic E-state index is 12.5. The lowest BCUT2D eigenvalue weighted by Gasteiger charge is -2.16. The first kappa shape index (κ1) is 21.7.